The zero-order valence-corrected chi connectivity index (χ0v) is 15.9. The van der Waals surface area contributed by atoms with Gasteiger partial charge in [0.15, 0.2) is 0 Å². The van der Waals surface area contributed by atoms with E-state index in [1.807, 2.05) is 0 Å². The van der Waals surface area contributed by atoms with Gasteiger partial charge in [-0.25, -0.2) is 10.0 Å². The van der Waals surface area contributed by atoms with Gasteiger partial charge in [0.25, 0.3) is 0 Å². The SMILES string of the molecule is CC(C)(C)S(CC(O)C1CCN1)(C(C)(C)C)C(C)(C)C. The summed E-state index contributed by atoms with van der Waals surface area (Å²) in [6.45, 7) is 22.4. The highest BCUT2D eigenvalue weighted by molar-refractivity contribution is 8.36. The standard InChI is InChI=1S/C17H37NOS/c1-15(2,3)20(16(4,5)6,17(7,8)9)12-14(19)13-10-11-18-13/h13-14,18-19H,10-12H2,1-9H3. The smallest absolute Gasteiger partial charge is 0.0769 e. The van der Waals surface area contributed by atoms with Crippen LogP contribution in [0.4, 0.5) is 0 Å². The van der Waals surface area contributed by atoms with E-state index in [9.17, 15) is 5.11 Å². The molecule has 2 atom stereocenters. The van der Waals surface area contributed by atoms with Crippen molar-refractivity contribution in [1.29, 1.82) is 0 Å². The third kappa shape index (κ3) is 3.05. The highest BCUT2D eigenvalue weighted by Crippen LogP contribution is 2.74. The van der Waals surface area contributed by atoms with Crippen molar-refractivity contribution < 1.29 is 5.11 Å². The Kier molecular flexibility index (Phi) is 5.02. The summed E-state index contributed by atoms with van der Waals surface area (Å²) in [5.74, 6) is 0.946. The summed E-state index contributed by atoms with van der Waals surface area (Å²) in [7, 11) is -1.06. The van der Waals surface area contributed by atoms with Gasteiger partial charge in [-0.1, -0.05) is 62.3 Å². The molecule has 3 heteroatoms. The molecule has 0 radical (unpaired) electrons. The van der Waals surface area contributed by atoms with E-state index in [2.05, 4.69) is 67.6 Å². The molecule has 0 bridgehead atoms. The van der Waals surface area contributed by atoms with E-state index in [4.69, 9.17) is 0 Å². The summed E-state index contributed by atoms with van der Waals surface area (Å²) in [6.07, 6.45) is 0.909. The molecule has 1 fully saturated rings. The second-order valence-corrected chi connectivity index (χ2v) is 14.6. The Morgan fingerprint density at radius 3 is 1.50 bits per heavy atom. The van der Waals surface area contributed by atoms with Gasteiger partial charge in [0.2, 0.25) is 0 Å². The molecule has 1 aliphatic rings. The Bertz CT molecular complexity index is 292. The quantitative estimate of drug-likeness (QED) is 0.828. The molecule has 1 rings (SSSR count). The van der Waals surface area contributed by atoms with Gasteiger partial charge in [0, 0.05) is 11.8 Å². The lowest BCUT2D eigenvalue weighted by atomic mass is 10.0. The van der Waals surface area contributed by atoms with Crippen LogP contribution in [0.5, 0.6) is 0 Å². The lowest BCUT2D eigenvalue weighted by Crippen LogP contribution is -2.57. The number of nitrogens with one attached hydrogen (secondary N) is 1. The van der Waals surface area contributed by atoms with Crippen molar-refractivity contribution in [3.8, 4) is 0 Å². The lowest BCUT2D eigenvalue weighted by molar-refractivity contribution is 0.114. The van der Waals surface area contributed by atoms with Crippen LogP contribution in [0.1, 0.15) is 68.7 Å². The van der Waals surface area contributed by atoms with Crippen LogP contribution < -0.4 is 5.32 Å². The van der Waals surface area contributed by atoms with Crippen molar-refractivity contribution in [1.82, 2.24) is 5.32 Å². The highest BCUT2D eigenvalue weighted by atomic mass is 32.3. The summed E-state index contributed by atoms with van der Waals surface area (Å²) in [4.78, 5) is 0. The van der Waals surface area contributed by atoms with E-state index in [1.54, 1.807) is 0 Å². The molecule has 1 aliphatic heterocycles. The first-order valence-corrected chi connectivity index (χ1v) is 9.75. The van der Waals surface area contributed by atoms with Crippen LogP contribution in [-0.2, 0) is 0 Å². The molecule has 2 unspecified atom stereocenters. The second-order valence-electron chi connectivity index (χ2n) is 9.16. The Hall–Kier alpha value is 0.270. The predicted molar refractivity (Wildman–Crippen MR) is 94.1 cm³/mol. The fourth-order valence-electron chi connectivity index (χ4n) is 4.52. The third-order valence-electron chi connectivity index (χ3n) is 4.88. The maximum absolute atomic E-state index is 10.8. The molecule has 20 heavy (non-hydrogen) atoms. The number of hydrogen-bond donors (Lipinski definition) is 2. The molecule has 1 saturated heterocycles. The minimum absolute atomic E-state index is 0.212. The first kappa shape index (κ1) is 18.3. The minimum atomic E-state index is -1.06. The Morgan fingerprint density at radius 2 is 1.30 bits per heavy atom. The Morgan fingerprint density at radius 1 is 0.950 bits per heavy atom. The van der Waals surface area contributed by atoms with Crippen LogP contribution in [0, 0.1) is 0 Å². The number of hydrogen-bond acceptors (Lipinski definition) is 2. The molecular weight excluding hydrogens is 266 g/mol. The molecule has 0 aromatic heterocycles. The van der Waals surface area contributed by atoms with Crippen LogP contribution in [0.3, 0.4) is 0 Å². The Balaban J connectivity index is 3.23. The van der Waals surface area contributed by atoms with Crippen molar-refractivity contribution in [2.24, 2.45) is 0 Å². The van der Waals surface area contributed by atoms with Crippen LogP contribution >= 0.6 is 10.0 Å². The first-order chi connectivity index (χ1) is 8.74. The van der Waals surface area contributed by atoms with Crippen molar-refractivity contribution in [3.63, 3.8) is 0 Å². The highest BCUT2D eigenvalue weighted by Gasteiger charge is 2.53. The predicted octanol–water partition coefficient (Wildman–Crippen LogP) is 3.91. The molecule has 2 N–H and O–H groups in total. The number of aliphatic hydroxyl groups is 1. The van der Waals surface area contributed by atoms with E-state index in [0.29, 0.717) is 6.04 Å². The normalized spacial score (nSPS) is 24.2. The van der Waals surface area contributed by atoms with Gasteiger partial charge >= 0.3 is 0 Å². The van der Waals surface area contributed by atoms with Gasteiger partial charge in [-0.2, -0.15) is 0 Å². The minimum Gasteiger partial charge on any atom is -0.391 e. The van der Waals surface area contributed by atoms with Crippen LogP contribution in [-0.4, -0.2) is 43.8 Å². The number of rotatable bonds is 3. The van der Waals surface area contributed by atoms with Gasteiger partial charge in [-0.05, 0) is 27.2 Å². The van der Waals surface area contributed by atoms with Crippen molar-refractivity contribution in [2.75, 3.05) is 12.3 Å². The van der Waals surface area contributed by atoms with Gasteiger partial charge in [0.05, 0.1) is 6.10 Å². The topological polar surface area (TPSA) is 32.3 Å². The molecule has 1 heterocycles. The van der Waals surface area contributed by atoms with Crippen molar-refractivity contribution in [3.05, 3.63) is 0 Å². The van der Waals surface area contributed by atoms with Gasteiger partial charge in [-0.3, -0.25) is 0 Å². The fourth-order valence-corrected chi connectivity index (χ4v) is 12.3. The zero-order chi connectivity index (χ0) is 16.0. The molecule has 0 aromatic rings. The Labute approximate surface area is 128 Å². The van der Waals surface area contributed by atoms with Gasteiger partial charge in [-0.15, -0.1) is 0 Å². The largest absolute Gasteiger partial charge is 0.391 e. The summed E-state index contributed by atoms with van der Waals surface area (Å²) in [6, 6.07) is 0.314. The van der Waals surface area contributed by atoms with Gasteiger partial charge < -0.3 is 10.4 Å². The maximum Gasteiger partial charge on any atom is 0.0769 e. The average molecular weight is 304 g/mol. The molecule has 0 amide bonds. The van der Waals surface area contributed by atoms with Crippen molar-refractivity contribution in [2.45, 2.75) is 95.1 Å². The molecular formula is C17H37NOS. The maximum atomic E-state index is 10.8. The molecule has 0 aromatic carbocycles. The second kappa shape index (κ2) is 5.48. The van der Waals surface area contributed by atoms with Crippen LogP contribution in [0.25, 0.3) is 0 Å². The summed E-state index contributed by atoms with van der Waals surface area (Å²) >= 11 is 0. The monoisotopic (exact) mass is 303 g/mol. The summed E-state index contributed by atoms with van der Waals surface area (Å²) < 4.78 is 0.649. The number of aliphatic hydroxyl groups excluding tert-OH is 1. The first-order valence-electron chi connectivity index (χ1n) is 7.95. The molecule has 122 valence electrons. The van der Waals surface area contributed by atoms with Gasteiger partial charge in [0.1, 0.15) is 0 Å². The van der Waals surface area contributed by atoms with E-state index in [0.717, 1.165) is 18.7 Å². The third-order valence-corrected chi connectivity index (χ3v) is 12.0. The fraction of sp³-hybridized carbons (Fsp3) is 1.00. The van der Waals surface area contributed by atoms with Crippen LogP contribution in [0.2, 0.25) is 0 Å². The van der Waals surface area contributed by atoms with E-state index >= 15 is 0 Å². The summed E-state index contributed by atoms with van der Waals surface area (Å²) in [5.41, 5.74) is 0. The lowest BCUT2D eigenvalue weighted by Gasteiger charge is -2.67. The van der Waals surface area contributed by atoms with Crippen molar-refractivity contribution >= 4 is 10.0 Å². The van der Waals surface area contributed by atoms with E-state index in [-0.39, 0.29) is 20.3 Å². The zero-order valence-electron chi connectivity index (χ0n) is 15.1. The molecule has 2 nitrogen and oxygen atoms in total. The molecule has 0 spiro atoms. The van der Waals surface area contributed by atoms with Crippen LogP contribution in [0.15, 0.2) is 0 Å². The summed E-state index contributed by atoms with van der Waals surface area (Å²) in [5, 5.41) is 14.1. The van der Waals surface area contributed by atoms with E-state index < -0.39 is 10.0 Å². The average Bonchev–Trinajstić information content (AvgIpc) is 2.04. The van der Waals surface area contributed by atoms with E-state index in [1.165, 1.54) is 0 Å². The molecule has 0 saturated carbocycles. The molecule has 0 aliphatic carbocycles.